The van der Waals surface area contributed by atoms with E-state index >= 15 is 0 Å². The molecule has 0 atom stereocenters. The molecule has 0 unspecified atom stereocenters. The second kappa shape index (κ2) is 8.68. The van der Waals surface area contributed by atoms with Crippen LogP contribution in [0.25, 0.3) is 0 Å². The highest BCUT2D eigenvalue weighted by atomic mass is 32.1. The van der Waals surface area contributed by atoms with Crippen molar-refractivity contribution in [2.45, 2.75) is 82.8 Å². The maximum Gasteiger partial charge on any atom is 0.169 e. The average Bonchev–Trinajstić information content (AvgIpc) is 2.63. The summed E-state index contributed by atoms with van der Waals surface area (Å²) in [6.07, 6.45) is 13.6. The lowest BCUT2D eigenvalue weighted by Crippen LogP contribution is -2.52. The zero-order chi connectivity index (χ0) is 15.9. The lowest BCUT2D eigenvalue weighted by atomic mass is 9.89. The van der Waals surface area contributed by atoms with E-state index in [-0.39, 0.29) is 0 Å². The van der Waals surface area contributed by atoms with E-state index in [2.05, 4.69) is 40.5 Å². The van der Waals surface area contributed by atoms with Gasteiger partial charge < -0.3 is 10.2 Å². The van der Waals surface area contributed by atoms with Crippen molar-refractivity contribution in [3.63, 3.8) is 0 Å². The van der Waals surface area contributed by atoms with E-state index in [1.54, 1.807) is 0 Å². The van der Waals surface area contributed by atoms with Gasteiger partial charge in [-0.25, -0.2) is 0 Å². The van der Waals surface area contributed by atoms with Crippen molar-refractivity contribution in [3.05, 3.63) is 35.9 Å². The van der Waals surface area contributed by atoms with Crippen molar-refractivity contribution < 1.29 is 0 Å². The fourth-order valence-corrected chi connectivity index (χ4v) is 4.58. The third kappa shape index (κ3) is 4.69. The van der Waals surface area contributed by atoms with Gasteiger partial charge in [0, 0.05) is 18.6 Å². The number of benzene rings is 1. The number of hydrogen-bond donors (Lipinski definition) is 1. The summed E-state index contributed by atoms with van der Waals surface area (Å²) in [7, 11) is 0. The molecule has 0 aliphatic heterocycles. The Hall–Kier alpha value is -1.09. The average molecular weight is 331 g/mol. The lowest BCUT2D eigenvalue weighted by molar-refractivity contribution is 0.156. The van der Waals surface area contributed by atoms with Crippen LogP contribution >= 0.6 is 12.2 Å². The highest BCUT2D eigenvalue weighted by Crippen LogP contribution is 2.30. The van der Waals surface area contributed by atoms with E-state index in [1.165, 1.54) is 69.8 Å². The molecule has 23 heavy (non-hydrogen) atoms. The monoisotopic (exact) mass is 330 g/mol. The molecule has 0 heterocycles. The lowest BCUT2D eigenvalue weighted by Gasteiger charge is -2.43. The molecule has 2 aliphatic carbocycles. The minimum atomic E-state index is 0.669. The van der Waals surface area contributed by atoms with Gasteiger partial charge in [-0.05, 0) is 43.5 Å². The van der Waals surface area contributed by atoms with Crippen LogP contribution in [0.3, 0.4) is 0 Å². The van der Waals surface area contributed by atoms with Gasteiger partial charge in [-0.15, -0.1) is 0 Å². The molecule has 126 valence electrons. The van der Waals surface area contributed by atoms with Crippen LogP contribution in [0.1, 0.15) is 69.8 Å². The molecule has 3 heteroatoms. The number of nitrogens with zero attached hydrogens (tertiary/aromatic N) is 1. The second-order valence-electron chi connectivity index (χ2n) is 7.14. The van der Waals surface area contributed by atoms with E-state index in [4.69, 9.17) is 12.2 Å². The van der Waals surface area contributed by atoms with Gasteiger partial charge in [-0.3, -0.25) is 0 Å². The molecule has 0 aromatic heterocycles. The summed E-state index contributed by atoms with van der Waals surface area (Å²) in [5, 5.41) is 4.54. The van der Waals surface area contributed by atoms with Crippen molar-refractivity contribution in [1.82, 2.24) is 10.2 Å². The molecule has 0 amide bonds. The molecule has 1 N–H and O–H groups in total. The van der Waals surface area contributed by atoms with Gasteiger partial charge in [0.2, 0.25) is 0 Å². The molecule has 1 aromatic rings. The maximum atomic E-state index is 5.85. The van der Waals surface area contributed by atoms with Crippen LogP contribution in [0.15, 0.2) is 30.3 Å². The molecular formula is C20H30N2S. The van der Waals surface area contributed by atoms with Crippen LogP contribution in [0.5, 0.6) is 0 Å². The van der Waals surface area contributed by atoms with E-state index in [0.717, 1.165) is 11.7 Å². The highest BCUT2D eigenvalue weighted by Gasteiger charge is 2.30. The predicted octanol–water partition coefficient (Wildman–Crippen LogP) is 5.03. The van der Waals surface area contributed by atoms with Crippen LogP contribution in [-0.2, 0) is 6.54 Å². The van der Waals surface area contributed by atoms with Gasteiger partial charge in [0.15, 0.2) is 5.11 Å². The Kier molecular flexibility index (Phi) is 6.32. The summed E-state index contributed by atoms with van der Waals surface area (Å²) in [4.78, 5) is 2.61. The molecule has 2 aliphatic rings. The van der Waals surface area contributed by atoms with E-state index in [1.807, 2.05) is 0 Å². The molecule has 3 rings (SSSR count). The van der Waals surface area contributed by atoms with E-state index < -0.39 is 0 Å². The Bertz CT molecular complexity index is 458. The van der Waals surface area contributed by atoms with Crippen LogP contribution in [0.4, 0.5) is 0 Å². The summed E-state index contributed by atoms with van der Waals surface area (Å²) in [5.41, 5.74) is 1.31. The molecule has 1 aromatic carbocycles. The van der Waals surface area contributed by atoms with E-state index in [0.29, 0.717) is 12.1 Å². The summed E-state index contributed by atoms with van der Waals surface area (Å²) in [6, 6.07) is 11.9. The molecule has 0 bridgehead atoms. The molecular weight excluding hydrogens is 300 g/mol. The molecule has 2 saturated carbocycles. The number of nitrogens with one attached hydrogen (secondary N) is 1. The van der Waals surface area contributed by atoms with Crippen molar-refractivity contribution in [2.75, 3.05) is 0 Å². The number of thiocarbonyl (C=S) groups is 1. The van der Waals surface area contributed by atoms with Crippen LogP contribution in [-0.4, -0.2) is 22.1 Å². The quantitative estimate of drug-likeness (QED) is 0.780. The number of rotatable bonds is 4. The van der Waals surface area contributed by atoms with Gasteiger partial charge in [0.05, 0.1) is 0 Å². The topological polar surface area (TPSA) is 15.3 Å². The maximum absolute atomic E-state index is 5.85. The minimum absolute atomic E-state index is 0.669. The normalized spacial score (nSPS) is 20.2. The first-order chi connectivity index (χ1) is 11.3. The van der Waals surface area contributed by atoms with Gasteiger partial charge >= 0.3 is 0 Å². The van der Waals surface area contributed by atoms with Crippen molar-refractivity contribution >= 4 is 17.3 Å². The summed E-state index contributed by atoms with van der Waals surface area (Å²) >= 11 is 5.85. The zero-order valence-corrected chi connectivity index (χ0v) is 15.0. The van der Waals surface area contributed by atoms with Crippen molar-refractivity contribution in [3.8, 4) is 0 Å². The Morgan fingerprint density at radius 1 is 0.870 bits per heavy atom. The molecule has 2 nitrogen and oxygen atoms in total. The second-order valence-corrected chi connectivity index (χ2v) is 7.52. The molecule has 0 saturated heterocycles. The first kappa shape index (κ1) is 16.8. The van der Waals surface area contributed by atoms with Crippen LogP contribution < -0.4 is 5.32 Å². The first-order valence-electron chi connectivity index (χ1n) is 9.44. The Morgan fingerprint density at radius 3 is 1.91 bits per heavy atom. The largest absolute Gasteiger partial charge is 0.358 e. The summed E-state index contributed by atoms with van der Waals surface area (Å²) in [6.45, 7) is 0.843. The Labute approximate surface area is 146 Å². The zero-order valence-electron chi connectivity index (χ0n) is 14.2. The molecule has 0 radical (unpaired) electrons. The van der Waals surface area contributed by atoms with Crippen molar-refractivity contribution in [1.29, 1.82) is 0 Å². The van der Waals surface area contributed by atoms with Crippen molar-refractivity contribution in [2.24, 2.45) is 0 Å². The Morgan fingerprint density at radius 2 is 1.39 bits per heavy atom. The van der Waals surface area contributed by atoms with Gasteiger partial charge in [0.25, 0.3) is 0 Å². The molecule has 0 spiro atoms. The third-order valence-electron chi connectivity index (χ3n) is 5.46. The van der Waals surface area contributed by atoms with Crippen LogP contribution in [0.2, 0.25) is 0 Å². The minimum Gasteiger partial charge on any atom is -0.358 e. The van der Waals surface area contributed by atoms with Gasteiger partial charge in [0.1, 0.15) is 0 Å². The fraction of sp³-hybridized carbons (Fsp3) is 0.650. The Balaban J connectivity index is 1.64. The fourth-order valence-electron chi connectivity index (χ4n) is 4.21. The van der Waals surface area contributed by atoms with Crippen LogP contribution in [0, 0.1) is 0 Å². The van der Waals surface area contributed by atoms with Gasteiger partial charge in [-0.2, -0.15) is 0 Å². The smallest absolute Gasteiger partial charge is 0.169 e. The predicted molar refractivity (Wildman–Crippen MR) is 101 cm³/mol. The molecule has 2 fully saturated rings. The highest BCUT2D eigenvalue weighted by molar-refractivity contribution is 7.80. The SMILES string of the molecule is S=C(NCc1ccccc1)N(C1CCCCC1)C1CCCCC1. The summed E-state index contributed by atoms with van der Waals surface area (Å²) < 4.78 is 0. The van der Waals surface area contributed by atoms with Gasteiger partial charge in [-0.1, -0.05) is 68.9 Å². The summed E-state index contributed by atoms with van der Waals surface area (Å²) in [5.74, 6) is 0. The van der Waals surface area contributed by atoms with E-state index in [9.17, 15) is 0 Å². The standard InChI is InChI=1S/C20H30N2S/c23-20(21-16-17-10-4-1-5-11-17)22(18-12-6-2-7-13-18)19-14-8-3-9-15-19/h1,4-5,10-11,18-19H,2-3,6-9,12-16H2,(H,21,23). The third-order valence-corrected chi connectivity index (χ3v) is 5.81. The first-order valence-corrected chi connectivity index (χ1v) is 9.85. The number of hydrogen-bond acceptors (Lipinski definition) is 1.